The number of likely N-dealkylation sites (tertiary alicyclic amines) is 1. The van der Waals surface area contributed by atoms with Crippen LogP contribution in [0.2, 0.25) is 0 Å². The predicted molar refractivity (Wildman–Crippen MR) is 112 cm³/mol. The lowest BCUT2D eigenvalue weighted by atomic mass is 9.78. The van der Waals surface area contributed by atoms with E-state index in [2.05, 4.69) is 0 Å². The minimum absolute atomic E-state index is 0.0440. The molecule has 5 atom stereocenters. The van der Waals surface area contributed by atoms with Crippen molar-refractivity contribution < 1.29 is 24.2 Å². The number of nitrogens with zero attached hydrogens (tertiary/aromatic N) is 2. The fourth-order valence-electron chi connectivity index (χ4n) is 6.06. The van der Waals surface area contributed by atoms with Crippen molar-refractivity contribution in [1.29, 1.82) is 0 Å². The number of ether oxygens (including phenoxy) is 1. The van der Waals surface area contributed by atoms with Gasteiger partial charge in [0.1, 0.15) is 12.6 Å². The molecule has 1 aliphatic carbocycles. The van der Waals surface area contributed by atoms with Crippen molar-refractivity contribution in [2.45, 2.75) is 54.2 Å². The van der Waals surface area contributed by atoms with Crippen LogP contribution >= 0.6 is 11.8 Å². The summed E-state index contributed by atoms with van der Waals surface area (Å²) in [5.74, 6) is -1.88. The topological polar surface area (TPSA) is 87.2 Å². The van der Waals surface area contributed by atoms with Crippen LogP contribution < -0.4 is 0 Å². The molecule has 0 bridgehead atoms. The molecule has 8 heteroatoms. The lowest BCUT2D eigenvalue weighted by Crippen LogP contribution is -2.55. The molecule has 1 spiro atoms. The number of aliphatic hydroxyl groups is 1. The van der Waals surface area contributed by atoms with Gasteiger partial charge in [0, 0.05) is 24.4 Å². The molecule has 4 heterocycles. The second-order valence-corrected chi connectivity index (χ2v) is 10.3. The highest BCUT2D eigenvalue weighted by Crippen LogP contribution is 2.60. The van der Waals surface area contributed by atoms with Gasteiger partial charge in [0.15, 0.2) is 0 Å². The lowest BCUT2D eigenvalue weighted by molar-refractivity contribution is -0.151. The van der Waals surface area contributed by atoms with Crippen molar-refractivity contribution in [2.24, 2.45) is 11.8 Å². The molecule has 4 aliphatic heterocycles. The number of cyclic esters (lactones) is 1. The van der Waals surface area contributed by atoms with Crippen molar-refractivity contribution in [3.8, 4) is 0 Å². The maximum atomic E-state index is 13.9. The number of carbonyl (C=O) groups is 3. The highest BCUT2D eigenvalue weighted by molar-refractivity contribution is 8.02. The van der Waals surface area contributed by atoms with Gasteiger partial charge in [-0.25, -0.2) is 0 Å². The van der Waals surface area contributed by atoms with Crippen LogP contribution in [0.4, 0.5) is 0 Å². The number of amides is 2. The maximum absolute atomic E-state index is 13.9. The number of hydrogen-bond donors (Lipinski definition) is 1. The third-order valence-corrected chi connectivity index (χ3v) is 9.05. The first-order valence-corrected chi connectivity index (χ1v) is 11.9. The SMILES string of the molecule is O=C1OCC=C[C@@H]2S[C@]34C=CCN(C5CCCCC5)C(=O)C3N(CCO)C(=O)[C@@H]4[C@H]12. The Labute approximate surface area is 180 Å². The van der Waals surface area contributed by atoms with E-state index in [0.29, 0.717) is 6.54 Å². The zero-order valence-corrected chi connectivity index (χ0v) is 17.8. The van der Waals surface area contributed by atoms with Crippen LogP contribution in [0.1, 0.15) is 32.1 Å². The predicted octanol–water partition coefficient (Wildman–Crippen LogP) is 1.12. The van der Waals surface area contributed by atoms with E-state index in [1.165, 1.54) is 11.3 Å². The Balaban J connectivity index is 1.57. The third kappa shape index (κ3) is 2.87. The zero-order valence-electron chi connectivity index (χ0n) is 16.9. The normalized spacial score (nSPS) is 38.8. The molecule has 0 aromatic carbocycles. The largest absolute Gasteiger partial charge is 0.461 e. The van der Waals surface area contributed by atoms with Crippen molar-refractivity contribution in [1.82, 2.24) is 9.80 Å². The van der Waals surface area contributed by atoms with Gasteiger partial charge in [-0.2, -0.15) is 0 Å². The molecule has 0 radical (unpaired) electrons. The maximum Gasteiger partial charge on any atom is 0.311 e. The Kier molecular flexibility index (Phi) is 5.17. The average molecular weight is 433 g/mol. The molecule has 1 unspecified atom stereocenters. The van der Waals surface area contributed by atoms with Crippen molar-refractivity contribution >= 4 is 29.5 Å². The van der Waals surface area contributed by atoms with Crippen molar-refractivity contribution in [3.05, 3.63) is 24.3 Å². The first-order chi connectivity index (χ1) is 14.6. The summed E-state index contributed by atoms with van der Waals surface area (Å²) < 4.78 is 4.54. The summed E-state index contributed by atoms with van der Waals surface area (Å²) in [7, 11) is 0. The van der Waals surface area contributed by atoms with Crippen LogP contribution in [0.5, 0.6) is 0 Å². The molecule has 7 nitrogen and oxygen atoms in total. The van der Waals surface area contributed by atoms with Crippen LogP contribution in [0.25, 0.3) is 0 Å². The van der Waals surface area contributed by atoms with Gasteiger partial charge < -0.3 is 19.6 Å². The monoisotopic (exact) mass is 432 g/mol. The van der Waals surface area contributed by atoms with Gasteiger partial charge in [0.05, 0.1) is 23.2 Å². The molecular formula is C22H28N2O5S. The van der Waals surface area contributed by atoms with Crippen molar-refractivity contribution in [3.63, 3.8) is 0 Å². The number of rotatable bonds is 3. The molecule has 0 aromatic rings. The van der Waals surface area contributed by atoms with Crippen LogP contribution in [0, 0.1) is 11.8 Å². The number of fused-ring (bicyclic) bond motifs is 2. The van der Waals surface area contributed by atoms with Crippen LogP contribution in [0.3, 0.4) is 0 Å². The quantitative estimate of drug-likeness (QED) is 0.531. The Morgan fingerprint density at radius 1 is 1.13 bits per heavy atom. The summed E-state index contributed by atoms with van der Waals surface area (Å²) in [6.07, 6.45) is 13.2. The Morgan fingerprint density at radius 3 is 2.70 bits per heavy atom. The lowest BCUT2D eigenvalue weighted by Gasteiger charge is -2.39. The van der Waals surface area contributed by atoms with E-state index in [1.54, 1.807) is 11.8 Å². The zero-order chi connectivity index (χ0) is 20.9. The third-order valence-electron chi connectivity index (χ3n) is 7.30. The number of hydrogen-bond acceptors (Lipinski definition) is 6. The van der Waals surface area contributed by atoms with E-state index >= 15 is 0 Å². The van der Waals surface area contributed by atoms with Crippen LogP contribution in [-0.2, 0) is 19.1 Å². The minimum Gasteiger partial charge on any atom is -0.461 e. The molecule has 3 fully saturated rings. The van der Waals surface area contributed by atoms with Crippen molar-refractivity contribution in [2.75, 3.05) is 26.3 Å². The summed E-state index contributed by atoms with van der Waals surface area (Å²) >= 11 is 1.55. The van der Waals surface area contributed by atoms with Gasteiger partial charge in [0.2, 0.25) is 11.8 Å². The highest BCUT2D eigenvalue weighted by atomic mass is 32.2. The Bertz CT molecular complexity index is 807. The number of esters is 1. The standard InChI is InChI=1S/C22H28N2O5S/c25-12-11-24-18-20(27)23(14-6-2-1-3-7-14)10-5-9-22(18)17(19(24)26)16-15(30-22)8-4-13-29-21(16)28/h4-5,8-9,14-18,25H,1-3,6-7,10-13H2/t15-,16+,17-,18?,22-/m0/s1. The Morgan fingerprint density at radius 2 is 1.93 bits per heavy atom. The van der Waals surface area contributed by atoms with E-state index in [9.17, 15) is 19.5 Å². The summed E-state index contributed by atoms with van der Waals surface area (Å²) in [4.78, 5) is 43.7. The molecule has 30 heavy (non-hydrogen) atoms. The number of β-amino-alcohol motifs (C(OH)–C–C–N with tert-alkyl or cyclic N) is 1. The molecule has 1 saturated carbocycles. The molecule has 2 saturated heterocycles. The van der Waals surface area contributed by atoms with Crippen LogP contribution in [0.15, 0.2) is 24.3 Å². The first kappa shape index (κ1) is 20.1. The Hall–Kier alpha value is -1.80. The molecule has 1 N–H and O–H groups in total. The summed E-state index contributed by atoms with van der Waals surface area (Å²) in [5.41, 5.74) is 0. The van der Waals surface area contributed by atoms with Gasteiger partial charge in [-0.05, 0) is 12.8 Å². The minimum atomic E-state index is -0.803. The van der Waals surface area contributed by atoms with Gasteiger partial charge >= 0.3 is 5.97 Å². The second kappa shape index (κ2) is 7.71. The molecule has 5 aliphatic rings. The molecule has 162 valence electrons. The van der Waals surface area contributed by atoms with Gasteiger partial charge in [0.25, 0.3) is 0 Å². The summed E-state index contributed by atoms with van der Waals surface area (Å²) in [6, 6.07) is -0.501. The molecule has 5 rings (SSSR count). The second-order valence-electron chi connectivity index (χ2n) is 8.84. The summed E-state index contributed by atoms with van der Waals surface area (Å²) in [5, 5.41) is 9.46. The van der Waals surface area contributed by atoms with E-state index in [4.69, 9.17) is 4.74 Å². The van der Waals surface area contributed by atoms with E-state index < -0.39 is 22.6 Å². The highest BCUT2D eigenvalue weighted by Gasteiger charge is 2.71. The number of carbonyl (C=O) groups excluding carboxylic acids is 3. The average Bonchev–Trinajstić information content (AvgIpc) is 3.03. The molecular weight excluding hydrogens is 404 g/mol. The van der Waals surface area contributed by atoms with Crippen LogP contribution in [-0.4, -0.2) is 81.1 Å². The van der Waals surface area contributed by atoms with Gasteiger partial charge in [-0.15, -0.1) is 11.8 Å². The fourth-order valence-corrected chi connectivity index (χ4v) is 8.06. The first-order valence-electron chi connectivity index (χ1n) is 11.0. The van der Waals surface area contributed by atoms with Gasteiger partial charge in [-0.1, -0.05) is 43.6 Å². The molecule has 2 amide bonds. The smallest absolute Gasteiger partial charge is 0.311 e. The van der Waals surface area contributed by atoms with E-state index in [1.807, 2.05) is 29.2 Å². The van der Waals surface area contributed by atoms with E-state index in [-0.39, 0.29) is 48.8 Å². The molecule has 0 aromatic heterocycles. The van der Waals surface area contributed by atoms with Gasteiger partial charge in [-0.3, -0.25) is 14.4 Å². The van der Waals surface area contributed by atoms with E-state index in [0.717, 1.165) is 25.7 Å². The summed E-state index contributed by atoms with van der Waals surface area (Å²) in [6.45, 7) is 0.636. The number of aliphatic hydroxyl groups excluding tert-OH is 1. The number of thioether (sulfide) groups is 1. The fraction of sp³-hybridized carbons (Fsp3) is 0.682.